The average Bonchev–Trinajstić information content (AvgIpc) is 2.85. The molecule has 0 radical (unpaired) electrons. The highest BCUT2D eigenvalue weighted by atomic mass is 16.7. The molecule has 3 fully saturated rings. The molecule has 5 heterocycles. The summed E-state index contributed by atoms with van der Waals surface area (Å²) in [6, 6.07) is 0. The first-order chi connectivity index (χ1) is 8.86. The summed E-state index contributed by atoms with van der Waals surface area (Å²) in [5, 5.41) is 0. The van der Waals surface area contributed by atoms with Crippen molar-refractivity contribution in [3.8, 4) is 0 Å². The van der Waals surface area contributed by atoms with Gasteiger partial charge < -0.3 is 0 Å². The van der Waals surface area contributed by atoms with E-state index < -0.39 is 0 Å². The number of piperidine rings is 3. The van der Waals surface area contributed by atoms with Gasteiger partial charge in [0.25, 0.3) is 0 Å². The first kappa shape index (κ1) is 10.5. The lowest BCUT2D eigenvalue weighted by molar-refractivity contribution is -0.135. The van der Waals surface area contributed by atoms with Crippen molar-refractivity contribution in [3.05, 3.63) is 30.4 Å². The molecule has 1 unspecified atom stereocenters. The van der Waals surface area contributed by atoms with E-state index in [1.807, 2.05) is 0 Å². The van der Waals surface area contributed by atoms with Crippen LogP contribution in [0.5, 0.6) is 0 Å². The van der Waals surface area contributed by atoms with E-state index in [1.165, 1.54) is 25.9 Å². The number of rotatable bonds is 1. The summed E-state index contributed by atoms with van der Waals surface area (Å²) in [7, 11) is 0. The lowest BCUT2D eigenvalue weighted by Gasteiger charge is -2.49. The molecule has 5 nitrogen and oxygen atoms in total. The predicted molar refractivity (Wildman–Crippen MR) is 66.1 cm³/mol. The molecule has 0 amide bonds. The van der Waals surface area contributed by atoms with Crippen LogP contribution in [0.1, 0.15) is 18.5 Å². The zero-order valence-electron chi connectivity index (χ0n) is 10.2. The lowest BCUT2D eigenvalue weighted by atomic mass is 9.75. The number of fused-ring (bicyclic) bond motifs is 2. The fourth-order valence-corrected chi connectivity index (χ4v) is 3.36. The molecule has 0 saturated carbocycles. The molecule has 1 N–H and O–H groups in total. The topological polar surface area (TPSA) is 50.3 Å². The van der Waals surface area contributed by atoms with Crippen molar-refractivity contribution < 1.29 is 4.84 Å². The van der Waals surface area contributed by atoms with E-state index in [2.05, 4.69) is 26.4 Å². The Hall–Kier alpha value is -1.46. The van der Waals surface area contributed by atoms with Crippen molar-refractivity contribution in [3.63, 3.8) is 0 Å². The van der Waals surface area contributed by atoms with Gasteiger partial charge in [-0.1, -0.05) is 0 Å². The summed E-state index contributed by atoms with van der Waals surface area (Å²) >= 11 is 0. The largest absolute Gasteiger partial charge is 0.300 e. The van der Waals surface area contributed by atoms with E-state index in [-0.39, 0.29) is 5.60 Å². The standard InChI is InChI=1S/C13H16N4O/c1-5-17-6-2-10(1)13(9-17)7-11(16-18-13)12-8-14-3-4-15-12/h3-4,7-8,10,16H,1-2,5-6,9H2. The second-order valence-corrected chi connectivity index (χ2v) is 5.36. The molecule has 0 aliphatic carbocycles. The molecule has 1 aromatic heterocycles. The molecule has 2 bridgehead atoms. The van der Waals surface area contributed by atoms with Crippen LogP contribution in [0.2, 0.25) is 0 Å². The zero-order chi connectivity index (χ0) is 12.0. The van der Waals surface area contributed by atoms with Gasteiger partial charge in [-0.15, -0.1) is 0 Å². The first-order valence-electron chi connectivity index (χ1n) is 6.51. The monoisotopic (exact) mass is 244 g/mol. The third-order valence-corrected chi connectivity index (χ3v) is 4.33. The highest BCUT2D eigenvalue weighted by Crippen LogP contribution is 2.42. The van der Waals surface area contributed by atoms with Crippen molar-refractivity contribution in [1.29, 1.82) is 0 Å². The number of hydrogen-bond donors (Lipinski definition) is 1. The highest BCUT2D eigenvalue weighted by Gasteiger charge is 2.49. The normalized spacial score (nSPS) is 37.7. The second-order valence-electron chi connectivity index (χ2n) is 5.36. The van der Waals surface area contributed by atoms with Gasteiger partial charge in [0.1, 0.15) is 11.3 Å². The molecular weight excluding hydrogens is 228 g/mol. The van der Waals surface area contributed by atoms with Gasteiger partial charge in [-0.25, -0.2) is 0 Å². The van der Waals surface area contributed by atoms with E-state index >= 15 is 0 Å². The minimum absolute atomic E-state index is 0.149. The van der Waals surface area contributed by atoms with Crippen LogP contribution in [0.4, 0.5) is 0 Å². The Kier molecular flexibility index (Phi) is 2.19. The van der Waals surface area contributed by atoms with Crippen LogP contribution in [-0.4, -0.2) is 40.1 Å². The van der Waals surface area contributed by atoms with Crippen molar-refractivity contribution in [2.75, 3.05) is 19.6 Å². The number of aromatic nitrogens is 2. The molecule has 1 aromatic rings. The predicted octanol–water partition coefficient (Wildman–Crippen LogP) is 0.817. The molecule has 5 heteroatoms. The van der Waals surface area contributed by atoms with E-state index in [0.29, 0.717) is 5.92 Å². The fourth-order valence-electron chi connectivity index (χ4n) is 3.36. The quantitative estimate of drug-likeness (QED) is 0.792. The average molecular weight is 244 g/mol. The van der Waals surface area contributed by atoms with Crippen molar-refractivity contribution in [1.82, 2.24) is 20.3 Å². The van der Waals surface area contributed by atoms with Gasteiger partial charge in [-0.05, 0) is 37.9 Å². The summed E-state index contributed by atoms with van der Waals surface area (Å²) in [6.07, 6.45) is 9.83. The van der Waals surface area contributed by atoms with Crippen LogP contribution in [-0.2, 0) is 4.84 Å². The molecule has 3 saturated heterocycles. The van der Waals surface area contributed by atoms with Crippen LogP contribution in [0.3, 0.4) is 0 Å². The maximum Gasteiger partial charge on any atom is 0.132 e. The Morgan fingerprint density at radius 2 is 2.22 bits per heavy atom. The smallest absolute Gasteiger partial charge is 0.132 e. The van der Waals surface area contributed by atoms with E-state index in [9.17, 15) is 0 Å². The maximum atomic E-state index is 5.93. The second kappa shape index (κ2) is 3.76. The lowest BCUT2D eigenvalue weighted by Crippen LogP contribution is -2.58. The fraction of sp³-hybridized carbons (Fsp3) is 0.538. The molecule has 4 aliphatic rings. The molecule has 5 rings (SSSR count). The Bertz CT molecular complexity index is 481. The highest BCUT2D eigenvalue weighted by molar-refractivity contribution is 5.62. The summed E-state index contributed by atoms with van der Waals surface area (Å²) in [5.41, 5.74) is 4.71. The van der Waals surface area contributed by atoms with Crippen molar-refractivity contribution in [2.24, 2.45) is 5.92 Å². The Balaban J connectivity index is 1.67. The van der Waals surface area contributed by atoms with Gasteiger partial charge in [0.15, 0.2) is 0 Å². The van der Waals surface area contributed by atoms with Crippen LogP contribution < -0.4 is 5.48 Å². The molecule has 1 spiro atoms. The molecular formula is C13H16N4O. The molecule has 18 heavy (non-hydrogen) atoms. The van der Waals surface area contributed by atoms with Gasteiger partial charge in [0.2, 0.25) is 0 Å². The Morgan fingerprint density at radius 1 is 1.33 bits per heavy atom. The maximum absolute atomic E-state index is 5.93. The zero-order valence-corrected chi connectivity index (χ0v) is 10.2. The van der Waals surface area contributed by atoms with Crippen LogP contribution in [0, 0.1) is 5.92 Å². The van der Waals surface area contributed by atoms with E-state index in [1.54, 1.807) is 18.6 Å². The summed E-state index contributed by atoms with van der Waals surface area (Å²) in [6.45, 7) is 3.42. The minimum atomic E-state index is -0.149. The van der Waals surface area contributed by atoms with E-state index in [0.717, 1.165) is 17.9 Å². The SMILES string of the molecule is C1=C(c2cnccn2)NOC12CN1CCC2CC1. The van der Waals surface area contributed by atoms with Crippen molar-refractivity contribution >= 4 is 5.70 Å². The number of hydroxylamine groups is 1. The van der Waals surface area contributed by atoms with Gasteiger partial charge >= 0.3 is 0 Å². The molecule has 4 aliphatic heterocycles. The van der Waals surface area contributed by atoms with Gasteiger partial charge in [0, 0.05) is 18.9 Å². The summed E-state index contributed by atoms with van der Waals surface area (Å²) < 4.78 is 0. The summed E-state index contributed by atoms with van der Waals surface area (Å²) in [5.74, 6) is 0.629. The first-order valence-corrected chi connectivity index (χ1v) is 6.51. The van der Waals surface area contributed by atoms with Crippen LogP contribution in [0.25, 0.3) is 5.70 Å². The minimum Gasteiger partial charge on any atom is -0.300 e. The third kappa shape index (κ3) is 1.47. The van der Waals surface area contributed by atoms with Gasteiger partial charge in [-0.2, -0.15) is 0 Å². The third-order valence-electron chi connectivity index (χ3n) is 4.33. The number of hydrogen-bond acceptors (Lipinski definition) is 5. The van der Waals surface area contributed by atoms with Crippen LogP contribution >= 0.6 is 0 Å². The van der Waals surface area contributed by atoms with Crippen molar-refractivity contribution in [2.45, 2.75) is 18.4 Å². The Morgan fingerprint density at radius 3 is 2.89 bits per heavy atom. The van der Waals surface area contributed by atoms with Gasteiger partial charge in [-0.3, -0.25) is 25.2 Å². The summed E-state index contributed by atoms with van der Waals surface area (Å²) in [4.78, 5) is 16.8. The Labute approximate surface area is 106 Å². The molecule has 0 aromatic carbocycles. The molecule has 94 valence electrons. The van der Waals surface area contributed by atoms with Gasteiger partial charge in [0.05, 0.1) is 11.9 Å². The molecule has 1 atom stereocenters. The van der Waals surface area contributed by atoms with E-state index in [4.69, 9.17) is 4.84 Å². The van der Waals surface area contributed by atoms with Crippen LogP contribution in [0.15, 0.2) is 24.7 Å². The number of nitrogens with one attached hydrogen (secondary N) is 1. The number of nitrogens with zero attached hydrogens (tertiary/aromatic N) is 3.